The molecule has 3 aliphatic rings. The van der Waals surface area contributed by atoms with Crippen molar-refractivity contribution >= 4 is 17.9 Å². The number of nitrogens with two attached hydrogens (primary N) is 1. The van der Waals surface area contributed by atoms with Gasteiger partial charge < -0.3 is 25.2 Å². The van der Waals surface area contributed by atoms with Gasteiger partial charge in [0.25, 0.3) is 5.91 Å². The number of carbonyl (C=O) groups excluding carboxylic acids is 3. The van der Waals surface area contributed by atoms with Crippen LogP contribution >= 0.6 is 0 Å². The Labute approximate surface area is 226 Å². The molecule has 3 amide bonds. The van der Waals surface area contributed by atoms with Crippen molar-refractivity contribution in [2.24, 2.45) is 11.7 Å². The second kappa shape index (κ2) is 14.5. The molecule has 0 spiro atoms. The normalized spacial score (nSPS) is 22.7. The first-order chi connectivity index (χ1) is 18.2. The van der Waals surface area contributed by atoms with Gasteiger partial charge in [0.05, 0.1) is 6.54 Å². The van der Waals surface area contributed by atoms with Gasteiger partial charge in [-0.3, -0.25) is 14.4 Å². The van der Waals surface area contributed by atoms with Crippen LogP contribution in [0.5, 0.6) is 0 Å². The van der Waals surface area contributed by atoms with Crippen LogP contribution in [0, 0.1) is 5.92 Å². The molecule has 212 valence electrons. The summed E-state index contributed by atoms with van der Waals surface area (Å²) in [6.45, 7) is 9.07. The molecule has 4 rings (SSSR count). The molecule has 10 nitrogen and oxygen atoms in total. The van der Waals surface area contributed by atoms with E-state index in [1.54, 1.807) is 0 Å². The van der Waals surface area contributed by atoms with Crippen LogP contribution in [0.3, 0.4) is 0 Å². The zero-order valence-electron chi connectivity index (χ0n) is 23.4. The Morgan fingerprint density at radius 2 is 1.82 bits per heavy atom. The Kier molecular flexibility index (Phi) is 11.4. The molecule has 2 atom stereocenters. The van der Waals surface area contributed by atoms with Crippen LogP contribution in [0.2, 0.25) is 0 Å². The Balaban J connectivity index is 0.000000732. The average molecular weight is 532 g/mol. The Hall–Kier alpha value is -2.69. The molecular formula is C28H45N5O5. The first-order valence-corrected chi connectivity index (χ1v) is 13.9. The third-order valence-corrected chi connectivity index (χ3v) is 7.17. The fourth-order valence-corrected chi connectivity index (χ4v) is 4.96. The summed E-state index contributed by atoms with van der Waals surface area (Å²) in [6.07, 6.45) is 2.44. The molecule has 1 aromatic carbocycles. The lowest BCUT2D eigenvalue weighted by Gasteiger charge is -2.51. The summed E-state index contributed by atoms with van der Waals surface area (Å²) < 4.78 is 5.54. The van der Waals surface area contributed by atoms with Crippen LogP contribution in [0.15, 0.2) is 30.3 Å². The zero-order valence-corrected chi connectivity index (χ0v) is 23.4. The zero-order chi connectivity index (χ0) is 27.7. The van der Waals surface area contributed by atoms with E-state index in [1.165, 1.54) is 22.8 Å². The summed E-state index contributed by atoms with van der Waals surface area (Å²) in [5.41, 5.74) is 6.00. The Morgan fingerprint density at radius 1 is 1.13 bits per heavy atom. The Morgan fingerprint density at radius 3 is 2.39 bits per heavy atom. The van der Waals surface area contributed by atoms with Gasteiger partial charge in [-0.25, -0.2) is 4.79 Å². The lowest BCUT2D eigenvalue weighted by atomic mass is 10.0. The maximum absolute atomic E-state index is 13.2. The molecule has 3 saturated heterocycles. The molecule has 0 radical (unpaired) electrons. The van der Waals surface area contributed by atoms with Crippen LogP contribution in [-0.2, 0) is 25.8 Å². The number of carbonyl (C=O) groups is 3. The predicted octanol–water partition coefficient (Wildman–Crippen LogP) is 2.82. The second-order valence-corrected chi connectivity index (χ2v) is 10.8. The van der Waals surface area contributed by atoms with Gasteiger partial charge in [-0.15, -0.1) is 0 Å². The number of piperidine rings is 1. The van der Waals surface area contributed by atoms with Gasteiger partial charge in [0.15, 0.2) is 12.3 Å². The standard InChI is InChI=1S/C24H34N4O5.C4H11N/c1-17(2)13-20-23(30)27-15-22(29)26(19-9-11-25(3)12-10-19)14-21(27)28(33-20)24(31)32-16-18-7-5-4-6-8-18;1-2-3-4-5/h4-8,17,19-21H,9-16H2,1-3H3;2-5H2,1H3. The first kappa shape index (κ1) is 29.9. The maximum atomic E-state index is 13.2. The van der Waals surface area contributed by atoms with Gasteiger partial charge in [0, 0.05) is 6.04 Å². The summed E-state index contributed by atoms with van der Waals surface area (Å²) in [7, 11) is 2.07. The largest absolute Gasteiger partial charge is 0.443 e. The topological polar surface area (TPSA) is 109 Å². The van der Waals surface area contributed by atoms with Crippen molar-refractivity contribution in [1.82, 2.24) is 19.8 Å². The van der Waals surface area contributed by atoms with Crippen LogP contribution in [-0.4, -0.2) is 95.8 Å². The summed E-state index contributed by atoms with van der Waals surface area (Å²) in [5, 5.41) is 1.19. The number of amides is 3. The number of benzene rings is 1. The summed E-state index contributed by atoms with van der Waals surface area (Å²) in [4.78, 5) is 50.8. The predicted molar refractivity (Wildman–Crippen MR) is 144 cm³/mol. The number of hydrogen-bond acceptors (Lipinski definition) is 7. The SMILES string of the molecule is CC(C)CC1ON(C(=O)OCc2ccccc2)C2CN(C3CCN(C)CC3)C(=O)CN2C1=O.CCCCN. The highest BCUT2D eigenvalue weighted by Crippen LogP contribution is 2.29. The molecule has 0 saturated carbocycles. The molecule has 3 heterocycles. The van der Waals surface area contributed by atoms with Gasteiger partial charge in [-0.1, -0.05) is 57.5 Å². The number of nitrogens with zero attached hydrogens (tertiary/aromatic N) is 4. The maximum Gasteiger partial charge on any atom is 0.436 e. The first-order valence-electron chi connectivity index (χ1n) is 13.9. The second-order valence-electron chi connectivity index (χ2n) is 10.8. The summed E-state index contributed by atoms with van der Waals surface area (Å²) in [6, 6.07) is 9.51. The molecule has 2 N–H and O–H groups in total. The highest BCUT2D eigenvalue weighted by molar-refractivity contribution is 5.89. The highest BCUT2D eigenvalue weighted by Gasteiger charge is 2.50. The smallest absolute Gasteiger partial charge is 0.436 e. The molecule has 0 aromatic heterocycles. The molecule has 10 heteroatoms. The number of likely N-dealkylation sites (tertiary alicyclic amines) is 1. The lowest BCUT2D eigenvalue weighted by Crippen LogP contribution is -2.71. The van der Waals surface area contributed by atoms with E-state index >= 15 is 0 Å². The molecule has 3 fully saturated rings. The monoisotopic (exact) mass is 531 g/mol. The van der Waals surface area contributed by atoms with E-state index in [1.807, 2.05) is 49.1 Å². The van der Waals surface area contributed by atoms with Crippen LogP contribution in [0.1, 0.15) is 58.4 Å². The molecule has 0 bridgehead atoms. The number of fused-ring (bicyclic) bond motifs is 1. The van der Waals surface area contributed by atoms with Crippen molar-refractivity contribution in [3.8, 4) is 0 Å². The molecule has 1 aromatic rings. The van der Waals surface area contributed by atoms with E-state index in [-0.39, 0.29) is 43.5 Å². The molecule has 3 aliphatic heterocycles. The molecule has 2 unspecified atom stereocenters. The van der Waals surface area contributed by atoms with Gasteiger partial charge in [-0.05, 0) is 63.8 Å². The van der Waals surface area contributed by atoms with Crippen molar-refractivity contribution in [3.05, 3.63) is 35.9 Å². The minimum Gasteiger partial charge on any atom is -0.443 e. The highest BCUT2D eigenvalue weighted by atomic mass is 16.7. The van der Waals surface area contributed by atoms with Crippen LogP contribution in [0.25, 0.3) is 0 Å². The minimum absolute atomic E-state index is 0.0454. The van der Waals surface area contributed by atoms with Gasteiger partial charge in [0.1, 0.15) is 13.2 Å². The van der Waals surface area contributed by atoms with E-state index in [0.717, 1.165) is 38.0 Å². The van der Waals surface area contributed by atoms with E-state index < -0.39 is 18.4 Å². The lowest BCUT2D eigenvalue weighted by molar-refractivity contribution is -0.264. The van der Waals surface area contributed by atoms with E-state index in [4.69, 9.17) is 15.3 Å². The summed E-state index contributed by atoms with van der Waals surface area (Å²) >= 11 is 0. The molecular weight excluding hydrogens is 486 g/mol. The number of hydroxylamine groups is 2. The number of ether oxygens (including phenoxy) is 1. The fourth-order valence-electron chi connectivity index (χ4n) is 4.96. The van der Waals surface area contributed by atoms with Crippen molar-refractivity contribution in [1.29, 1.82) is 0 Å². The van der Waals surface area contributed by atoms with Crippen LogP contribution in [0.4, 0.5) is 4.79 Å². The van der Waals surface area contributed by atoms with Crippen LogP contribution < -0.4 is 5.73 Å². The van der Waals surface area contributed by atoms with Crippen molar-refractivity contribution < 1.29 is 24.0 Å². The number of piperazine rings is 1. The molecule has 0 aliphatic carbocycles. The van der Waals surface area contributed by atoms with Gasteiger partial charge in [0.2, 0.25) is 5.91 Å². The van der Waals surface area contributed by atoms with E-state index in [9.17, 15) is 14.4 Å². The van der Waals surface area contributed by atoms with Gasteiger partial charge >= 0.3 is 6.09 Å². The Bertz CT molecular complexity index is 904. The average Bonchev–Trinajstić information content (AvgIpc) is 2.90. The minimum atomic E-state index is -0.812. The van der Waals surface area contributed by atoms with E-state index in [2.05, 4.69) is 18.9 Å². The summed E-state index contributed by atoms with van der Waals surface area (Å²) in [5.74, 6) is -0.122. The third-order valence-electron chi connectivity index (χ3n) is 7.17. The quantitative estimate of drug-likeness (QED) is 0.576. The van der Waals surface area contributed by atoms with Crippen molar-refractivity contribution in [2.45, 2.75) is 77.8 Å². The van der Waals surface area contributed by atoms with Crippen molar-refractivity contribution in [2.75, 3.05) is 39.8 Å². The number of rotatable bonds is 7. The molecule has 38 heavy (non-hydrogen) atoms. The number of hydrogen-bond donors (Lipinski definition) is 1. The van der Waals surface area contributed by atoms with E-state index in [0.29, 0.717) is 6.42 Å². The third kappa shape index (κ3) is 7.91. The van der Waals surface area contributed by atoms with Crippen molar-refractivity contribution in [3.63, 3.8) is 0 Å². The number of unbranched alkanes of at least 4 members (excludes halogenated alkanes) is 1. The van der Waals surface area contributed by atoms with Gasteiger partial charge in [-0.2, -0.15) is 5.06 Å². The fraction of sp³-hybridized carbons (Fsp3) is 0.679.